The lowest BCUT2D eigenvalue weighted by atomic mass is 10.1. The Kier molecular flexibility index (Phi) is 6.44. The highest BCUT2D eigenvalue weighted by Crippen LogP contribution is 2.36. The Bertz CT molecular complexity index is 792. The van der Waals surface area contributed by atoms with Gasteiger partial charge < -0.3 is 5.73 Å². The van der Waals surface area contributed by atoms with Gasteiger partial charge >= 0.3 is 6.18 Å². The number of nitrogens with two attached hydrogens (primary N) is 1. The van der Waals surface area contributed by atoms with Crippen molar-refractivity contribution in [3.8, 4) is 0 Å². The predicted octanol–water partition coefficient (Wildman–Crippen LogP) is 5.08. The number of thioether (sulfide) groups is 1. The van der Waals surface area contributed by atoms with E-state index in [1.54, 1.807) is 0 Å². The Balaban J connectivity index is 2.05. The summed E-state index contributed by atoms with van der Waals surface area (Å²) in [6.07, 6.45) is -3.78. The van der Waals surface area contributed by atoms with Crippen LogP contribution < -0.4 is 5.73 Å². The van der Waals surface area contributed by atoms with E-state index in [0.717, 1.165) is 17.8 Å². The molecule has 0 heterocycles. The third-order valence-electron chi connectivity index (χ3n) is 3.00. The summed E-state index contributed by atoms with van der Waals surface area (Å²) in [4.78, 5) is 0. The molecule has 0 aliphatic rings. The Morgan fingerprint density at radius 2 is 1.84 bits per heavy atom. The van der Waals surface area contributed by atoms with Crippen molar-refractivity contribution in [2.45, 2.75) is 11.9 Å². The van der Waals surface area contributed by atoms with Gasteiger partial charge in [-0.15, -0.1) is 5.10 Å². The molecular formula is C16H12ClF4N3S. The molecule has 0 bridgehead atoms. The number of hydrogen-bond donors (Lipinski definition) is 1. The fraction of sp³-hybridized carbons (Fsp3) is 0.125. The first-order valence-electron chi connectivity index (χ1n) is 6.87. The van der Waals surface area contributed by atoms with Crippen LogP contribution in [0.2, 0.25) is 5.02 Å². The molecule has 0 saturated heterocycles. The first-order chi connectivity index (χ1) is 11.8. The van der Waals surface area contributed by atoms with Gasteiger partial charge in [-0.2, -0.15) is 18.3 Å². The van der Waals surface area contributed by atoms with Crippen molar-refractivity contribution in [2.24, 2.45) is 15.9 Å². The van der Waals surface area contributed by atoms with Crippen molar-refractivity contribution in [2.75, 3.05) is 0 Å². The largest absolute Gasteiger partial charge is 0.417 e. The highest BCUT2D eigenvalue weighted by atomic mass is 35.5. The molecular weight excluding hydrogens is 378 g/mol. The van der Waals surface area contributed by atoms with Gasteiger partial charge in [-0.05, 0) is 17.7 Å². The van der Waals surface area contributed by atoms with Crippen molar-refractivity contribution in [1.82, 2.24) is 0 Å². The average Bonchev–Trinajstić information content (AvgIpc) is 2.56. The number of nitrogens with zero attached hydrogens (tertiary/aromatic N) is 2. The Morgan fingerprint density at radius 1 is 1.16 bits per heavy atom. The third kappa shape index (κ3) is 5.47. The number of benzene rings is 2. The number of rotatable bonds is 4. The molecule has 0 spiro atoms. The second-order valence-corrected chi connectivity index (χ2v) is 6.16. The molecule has 9 heteroatoms. The van der Waals surface area contributed by atoms with Gasteiger partial charge in [0.15, 0.2) is 11.0 Å². The van der Waals surface area contributed by atoms with E-state index in [4.69, 9.17) is 17.3 Å². The minimum Gasteiger partial charge on any atom is -0.377 e. The van der Waals surface area contributed by atoms with E-state index in [1.165, 1.54) is 11.8 Å². The minimum atomic E-state index is -4.73. The van der Waals surface area contributed by atoms with Gasteiger partial charge in [0, 0.05) is 11.3 Å². The summed E-state index contributed by atoms with van der Waals surface area (Å²) < 4.78 is 51.7. The molecule has 0 radical (unpaired) electrons. The minimum absolute atomic E-state index is 0.138. The van der Waals surface area contributed by atoms with Gasteiger partial charge in [-0.3, -0.25) is 0 Å². The lowest BCUT2D eigenvalue weighted by Gasteiger charge is -2.10. The van der Waals surface area contributed by atoms with Crippen LogP contribution in [-0.4, -0.2) is 11.4 Å². The van der Waals surface area contributed by atoms with E-state index in [9.17, 15) is 17.6 Å². The van der Waals surface area contributed by atoms with Crippen molar-refractivity contribution in [1.29, 1.82) is 0 Å². The maximum Gasteiger partial charge on any atom is 0.417 e. The van der Waals surface area contributed by atoms with Crippen LogP contribution in [0.25, 0.3) is 0 Å². The van der Waals surface area contributed by atoms with Crippen molar-refractivity contribution in [3.63, 3.8) is 0 Å². The molecule has 0 amide bonds. The zero-order valence-electron chi connectivity index (χ0n) is 12.6. The second-order valence-electron chi connectivity index (χ2n) is 4.79. The van der Waals surface area contributed by atoms with Crippen LogP contribution in [0.1, 0.15) is 16.7 Å². The summed E-state index contributed by atoms with van der Waals surface area (Å²) in [6, 6.07) is 11.1. The fourth-order valence-electron chi connectivity index (χ4n) is 1.79. The van der Waals surface area contributed by atoms with Gasteiger partial charge in [0.1, 0.15) is 0 Å². The maximum absolute atomic E-state index is 13.9. The molecule has 0 saturated carbocycles. The van der Waals surface area contributed by atoms with Crippen LogP contribution in [0.15, 0.2) is 52.7 Å². The van der Waals surface area contributed by atoms with Gasteiger partial charge in [0.05, 0.1) is 16.8 Å². The number of hydrogen-bond acceptors (Lipinski definition) is 3. The Labute approximate surface area is 150 Å². The molecule has 0 aliphatic carbocycles. The second kappa shape index (κ2) is 8.35. The lowest BCUT2D eigenvalue weighted by molar-refractivity contribution is -0.137. The molecule has 2 rings (SSSR count). The Morgan fingerprint density at radius 3 is 2.48 bits per heavy atom. The topological polar surface area (TPSA) is 50.7 Å². The number of amidine groups is 1. The van der Waals surface area contributed by atoms with Crippen LogP contribution >= 0.6 is 23.4 Å². The first kappa shape index (κ1) is 19.3. The third-order valence-corrected chi connectivity index (χ3v) is 4.22. The van der Waals surface area contributed by atoms with Gasteiger partial charge in [-0.1, -0.05) is 53.7 Å². The zero-order valence-corrected chi connectivity index (χ0v) is 14.2. The lowest BCUT2D eigenvalue weighted by Crippen LogP contribution is -2.08. The van der Waals surface area contributed by atoms with E-state index in [2.05, 4.69) is 10.2 Å². The summed E-state index contributed by atoms with van der Waals surface area (Å²) in [5.74, 6) is -0.641. The van der Waals surface area contributed by atoms with E-state index < -0.39 is 22.6 Å². The van der Waals surface area contributed by atoms with Crippen LogP contribution in [0.4, 0.5) is 17.6 Å². The summed E-state index contributed by atoms with van der Waals surface area (Å²) in [5.41, 5.74) is 5.24. The van der Waals surface area contributed by atoms with Crippen molar-refractivity contribution < 1.29 is 17.6 Å². The van der Waals surface area contributed by atoms with Gasteiger partial charge in [0.2, 0.25) is 0 Å². The predicted molar refractivity (Wildman–Crippen MR) is 93.4 cm³/mol. The normalized spacial score (nSPS) is 12.8. The van der Waals surface area contributed by atoms with E-state index in [-0.39, 0.29) is 10.7 Å². The van der Waals surface area contributed by atoms with E-state index in [0.29, 0.717) is 11.8 Å². The molecule has 0 fully saturated rings. The van der Waals surface area contributed by atoms with E-state index >= 15 is 0 Å². The van der Waals surface area contributed by atoms with Crippen LogP contribution in [0.5, 0.6) is 0 Å². The monoisotopic (exact) mass is 389 g/mol. The van der Waals surface area contributed by atoms with Crippen LogP contribution in [0.3, 0.4) is 0 Å². The highest BCUT2D eigenvalue weighted by Gasteiger charge is 2.34. The standard InChI is InChI=1S/C16H12ClF4N3S/c17-13-12(16(19,20)21)7-6-11(14(13)18)8-23-24-15(22)25-9-10-4-2-1-3-5-10/h1-8H,9H2,(H2,22,24). The number of alkyl halides is 3. The maximum atomic E-state index is 13.9. The van der Waals surface area contributed by atoms with Gasteiger partial charge in [-0.25, -0.2) is 4.39 Å². The number of halogens is 5. The molecule has 25 heavy (non-hydrogen) atoms. The molecule has 2 aromatic rings. The molecule has 0 aromatic heterocycles. The van der Waals surface area contributed by atoms with E-state index in [1.807, 2.05) is 30.3 Å². The highest BCUT2D eigenvalue weighted by molar-refractivity contribution is 8.13. The molecule has 0 atom stereocenters. The van der Waals surface area contributed by atoms with Crippen LogP contribution in [0, 0.1) is 5.82 Å². The average molecular weight is 390 g/mol. The molecule has 2 aromatic carbocycles. The SMILES string of the molecule is NC(=NN=Cc1ccc(C(F)(F)F)c(Cl)c1F)SCc1ccccc1. The smallest absolute Gasteiger partial charge is 0.377 e. The van der Waals surface area contributed by atoms with Gasteiger partial charge in [0.25, 0.3) is 0 Å². The summed E-state index contributed by atoms with van der Waals surface area (Å²) in [7, 11) is 0. The van der Waals surface area contributed by atoms with Crippen LogP contribution in [-0.2, 0) is 11.9 Å². The van der Waals surface area contributed by atoms with Crippen molar-refractivity contribution in [3.05, 3.63) is 70.0 Å². The molecule has 3 nitrogen and oxygen atoms in total. The zero-order chi connectivity index (χ0) is 18.4. The summed E-state index contributed by atoms with van der Waals surface area (Å²) >= 11 is 6.64. The quantitative estimate of drug-likeness (QED) is 0.343. The first-order valence-corrected chi connectivity index (χ1v) is 8.24. The molecule has 0 unspecified atom stereocenters. The fourth-order valence-corrected chi connectivity index (χ4v) is 2.68. The molecule has 2 N–H and O–H groups in total. The molecule has 132 valence electrons. The van der Waals surface area contributed by atoms with Crippen molar-refractivity contribution >= 4 is 34.7 Å². The Hall–Kier alpha value is -2.06. The summed E-state index contributed by atoms with van der Waals surface area (Å²) in [6.45, 7) is 0. The summed E-state index contributed by atoms with van der Waals surface area (Å²) in [5, 5.41) is 6.39. The molecule has 0 aliphatic heterocycles.